The highest BCUT2D eigenvalue weighted by molar-refractivity contribution is 9.10. The zero-order chi connectivity index (χ0) is 10.1. The Kier molecular flexibility index (Phi) is 2.33. The zero-order valence-electron chi connectivity index (χ0n) is 7.37. The van der Waals surface area contributed by atoms with Crippen LogP contribution in [-0.4, -0.2) is 19.9 Å². The number of halogens is 1. The van der Waals surface area contributed by atoms with Crippen LogP contribution in [-0.2, 0) is 4.74 Å². The number of ether oxygens (including phenoxy) is 3. The van der Waals surface area contributed by atoms with Gasteiger partial charge in [0.1, 0.15) is 5.56 Å². The fourth-order valence-electron chi connectivity index (χ4n) is 1.23. The van der Waals surface area contributed by atoms with Crippen molar-refractivity contribution >= 4 is 21.9 Å². The lowest BCUT2D eigenvalue weighted by Gasteiger charge is -2.04. The van der Waals surface area contributed by atoms with Gasteiger partial charge < -0.3 is 14.2 Å². The Morgan fingerprint density at radius 1 is 1.43 bits per heavy atom. The van der Waals surface area contributed by atoms with Crippen LogP contribution < -0.4 is 9.47 Å². The Morgan fingerprint density at radius 2 is 2.14 bits per heavy atom. The summed E-state index contributed by atoms with van der Waals surface area (Å²) in [6.07, 6.45) is 0. The van der Waals surface area contributed by atoms with Crippen LogP contribution in [0.1, 0.15) is 10.4 Å². The molecular weight excluding hydrogens is 252 g/mol. The maximum absolute atomic E-state index is 11.3. The molecule has 0 saturated heterocycles. The Balaban J connectivity index is 2.53. The molecule has 1 aromatic carbocycles. The van der Waals surface area contributed by atoms with Gasteiger partial charge in [0.2, 0.25) is 6.79 Å². The molecule has 0 amide bonds. The first kappa shape index (κ1) is 9.33. The summed E-state index contributed by atoms with van der Waals surface area (Å²) in [4.78, 5) is 11.3. The standard InChI is InChI=1S/C9H7BrO4/c1-12-9(11)5-2-3-6(10)8-7(5)13-4-14-8/h2-3H,4H2,1H3. The number of esters is 1. The van der Waals surface area contributed by atoms with Gasteiger partial charge in [0, 0.05) is 0 Å². The third-order valence-electron chi connectivity index (χ3n) is 1.88. The maximum Gasteiger partial charge on any atom is 0.341 e. The number of methoxy groups -OCH3 is 1. The number of hydrogen-bond donors (Lipinski definition) is 0. The topological polar surface area (TPSA) is 44.8 Å². The molecule has 0 bridgehead atoms. The lowest BCUT2D eigenvalue weighted by molar-refractivity contribution is 0.0596. The van der Waals surface area contributed by atoms with E-state index in [0.29, 0.717) is 17.1 Å². The summed E-state index contributed by atoms with van der Waals surface area (Å²) < 4.78 is 15.7. The summed E-state index contributed by atoms with van der Waals surface area (Å²) in [5, 5.41) is 0. The van der Waals surface area contributed by atoms with E-state index in [1.54, 1.807) is 12.1 Å². The van der Waals surface area contributed by atoms with E-state index in [0.717, 1.165) is 4.47 Å². The van der Waals surface area contributed by atoms with Crippen LogP contribution in [0.25, 0.3) is 0 Å². The zero-order valence-corrected chi connectivity index (χ0v) is 8.96. The molecule has 1 aromatic rings. The minimum atomic E-state index is -0.431. The van der Waals surface area contributed by atoms with Gasteiger partial charge in [-0.25, -0.2) is 4.79 Å². The third-order valence-corrected chi connectivity index (χ3v) is 2.50. The van der Waals surface area contributed by atoms with Crippen LogP contribution in [0.4, 0.5) is 0 Å². The lowest BCUT2D eigenvalue weighted by atomic mass is 10.2. The first-order valence-corrected chi connectivity index (χ1v) is 4.69. The second-order valence-corrected chi connectivity index (χ2v) is 3.51. The second kappa shape index (κ2) is 3.49. The van der Waals surface area contributed by atoms with Crippen molar-refractivity contribution in [3.63, 3.8) is 0 Å². The van der Waals surface area contributed by atoms with E-state index < -0.39 is 5.97 Å². The van der Waals surface area contributed by atoms with Gasteiger partial charge in [0.15, 0.2) is 11.5 Å². The number of rotatable bonds is 1. The van der Waals surface area contributed by atoms with Gasteiger partial charge in [0.25, 0.3) is 0 Å². The summed E-state index contributed by atoms with van der Waals surface area (Å²) in [6.45, 7) is 0.127. The van der Waals surface area contributed by atoms with E-state index in [9.17, 15) is 4.79 Å². The van der Waals surface area contributed by atoms with Crippen molar-refractivity contribution in [1.29, 1.82) is 0 Å². The van der Waals surface area contributed by atoms with Gasteiger partial charge in [-0.2, -0.15) is 0 Å². The van der Waals surface area contributed by atoms with Gasteiger partial charge in [-0.1, -0.05) is 0 Å². The van der Waals surface area contributed by atoms with E-state index in [4.69, 9.17) is 9.47 Å². The van der Waals surface area contributed by atoms with E-state index >= 15 is 0 Å². The predicted molar refractivity (Wildman–Crippen MR) is 51.6 cm³/mol. The summed E-state index contributed by atoms with van der Waals surface area (Å²) in [7, 11) is 1.33. The molecule has 0 radical (unpaired) electrons. The third kappa shape index (κ3) is 1.33. The SMILES string of the molecule is COC(=O)c1ccc(Br)c2c1OCO2. The Labute approximate surface area is 88.9 Å². The average molecular weight is 259 g/mol. The summed E-state index contributed by atoms with van der Waals surface area (Å²) >= 11 is 3.30. The van der Waals surface area contributed by atoms with Crippen molar-refractivity contribution in [2.45, 2.75) is 0 Å². The normalized spacial score (nSPS) is 12.7. The molecule has 1 aliphatic rings. The first-order valence-electron chi connectivity index (χ1n) is 3.90. The van der Waals surface area contributed by atoms with Crippen LogP contribution in [0.2, 0.25) is 0 Å². The molecule has 0 N–H and O–H groups in total. The van der Waals surface area contributed by atoms with Gasteiger partial charge in [-0.3, -0.25) is 0 Å². The molecule has 74 valence electrons. The van der Waals surface area contributed by atoms with Crippen molar-refractivity contribution in [3.05, 3.63) is 22.2 Å². The molecular formula is C9H7BrO4. The van der Waals surface area contributed by atoms with Crippen LogP contribution in [0.3, 0.4) is 0 Å². The molecule has 1 heterocycles. The maximum atomic E-state index is 11.3. The minimum Gasteiger partial charge on any atom is -0.465 e. The molecule has 2 rings (SSSR count). The first-order chi connectivity index (χ1) is 6.74. The van der Waals surface area contributed by atoms with E-state index in [2.05, 4.69) is 20.7 Å². The molecule has 5 heteroatoms. The average Bonchev–Trinajstić information content (AvgIpc) is 2.67. The van der Waals surface area contributed by atoms with Gasteiger partial charge in [0.05, 0.1) is 11.6 Å². The smallest absolute Gasteiger partial charge is 0.341 e. The fraction of sp³-hybridized carbons (Fsp3) is 0.222. The van der Waals surface area contributed by atoms with Crippen LogP contribution in [0.15, 0.2) is 16.6 Å². The molecule has 1 aliphatic heterocycles. The molecule has 4 nitrogen and oxygen atoms in total. The predicted octanol–water partition coefficient (Wildman–Crippen LogP) is 1.96. The Bertz CT molecular complexity index is 389. The largest absolute Gasteiger partial charge is 0.465 e. The van der Waals surface area contributed by atoms with Gasteiger partial charge >= 0.3 is 5.97 Å². The van der Waals surface area contributed by atoms with E-state index in [1.165, 1.54) is 7.11 Å². The van der Waals surface area contributed by atoms with E-state index in [-0.39, 0.29) is 6.79 Å². The summed E-state index contributed by atoms with van der Waals surface area (Å²) in [5.41, 5.74) is 0.378. The highest BCUT2D eigenvalue weighted by Gasteiger charge is 2.24. The van der Waals surface area contributed by atoms with Crippen LogP contribution in [0.5, 0.6) is 11.5 Å². The number of benzene rings is 1. The molecule has 14 heavy (non-hydrogen) atoms. The number of fused-ring (bicyclic) bond motifs is 1. The summed E-state index contributed by atoms with van der Waals surface area (Å²) in [5.74, 6) is 0.554. The highest BCUT2D eigenvalue weighted by Crippen LogP contribution is 2.41. The van der Waals surface area contributed by atoms with Crippen molar-refractivity contribution in [2.24, 2.45) is 0 Å². The van der Waals surface area contributed by atoms with Crippen molar-refractivity contribution in [3.8, 4) is 11.5 Å². The second-order valence-electron chi connectivity index (χ2n) is 2.65. The minimum absolute atomic E-state index is 0.127. The van der Waals surface area contributed by atoms with Crippen molar-refractivity contribution in [2.75, 3.05) is 13.9 Å². The molecule has 0 atom stereocenters. The van der Waals surface area contributed by atoms with Crippen LogP contribution >= 0.6 is 15.9 Å². The Hall–Kier alpha value is -1.23. The molecule has 0 aromatic heterocycles. The quantitative estimate of drug-likeness (QED) is 0.723. The molecule has 0 unspecified atom stereocenters. The van der Waals surface area contributed by atoms with Gasteiger partial charge in [-0.05, 0) is 28.1 Å². The number of hydrogen-bond acceptors (Lipinski definition) is 4. The molecule has 0 spiro atoms. The number of carbonyl (C=O) groups is 1. The monoisotopic (exact) mass is 258 g/mol. The molecule has 0 aliphatic carbocycles. The van der Waals surface area contributed by atoms with Crippen LogP contribution in [0, 0.1) is 0 Å². The summed E-state index contributed by atoms with van der Waals surface area (Å²) in [6, 6.07) is 3.35. The number of carbonyl (C=O) groups excluding carboxylic acids is 1. The highest BCUT2D eigenvalue weighted by atomic mass is 79.9. The molecule has 0 saturated carbocycles. The van der Waals surface area contributed by atoms with Gasteiger partial charge in [-0.15, -0.1) is 0 Å². The van der Waals surface area contributed by atoms with Crippen molar-refractivity contribution < 1.29 is 19.0 Å². The van der Waals surface area contributed by atoms with E-state index in [1.807, 2.05) is 0 Å². The fourth-order valence-corrected chi connectivity index (χ4v) is 1.66. The van der Waals surface area contributed by atoms with Crippen molar-refractivity contribution in [1.82, 2.24) is 0 Å². The Morgan fingerprint density at radius 3 is 2.86 bits per heavy atom. The molecule has 0 fully saturated rings. The lowest BCUT2D eigenvalue weighted by Crippen LogP contribution is -2.03.